The molecule has 0 bridgehead atoms. The minimum Gasteiger partial charge on any atom is -0.414 e. The number of hydrogen-bond acceptors (Lipinski definition) is 3. The number of β-lactam (4-membered cyclic amide) rings is 1. The fraction of sp³-hybridized carbons (Fsp3) is 0.929. The monoisotopic (exact) mass is 285 g/mol. The van der Waals surface area contributed by atoms with E-state index in [4.69, 9.17) is 9.16 Å². The van der Waals surface area contributed by atoms with Gasteiger partial charge in [0.2, 0.25) is 5.91 Å². The third kappa shape index (κ3) is 2.88. The molecule has 2 unspecified atom stereocenters. The van der Waals surface area contributed by atoms with Gasteiger partial charge in [-0.25, -0.2) is 0 Å². The molecular formula is C14H27NO3Si. The summed E-state index contributed by atoms with van der Waals surface area (Å²) in [5, 5.41) is 3.03. The van der Waals surface area contributed by atoms with Crippen molar-refractivity contribution in [2.24, 2.45) is 11.3 Å². The van der Waals surface area contributed by atoms with Crippen molar-refractivity contribution in [1.29, 1.82) is 0 Å². The third-order valence-corrected chi connectivity index (χ3v) is 5.46. The number of epoxide rings is 1. The summed E-state index contributed by atoms with van der Waals surface area (Å²) in [7, 11) is -1.22. The number of ether oxygens (including phenoxy) is 1. The molecule has 4 atom stereocenters. The minimum absolute atomic E-state index is 0.0494. The summed E-state index contributed by atoms with van der Waals surface area (Å²) in [6.07, 6.45) is 1.26. The zero-order valence-electron chi connectivity index (χ0n) is 12.9. The molecule has 0 aromatic heterocycles. The lowest BCUT2D eigenvalue weighted by Crippen LogP contribution is -2.70. The van der Waals surface area contributed by atoms with Crippen molar-refractivity contribution in [3.05, 3.63) is 0 Å². The van der Waals surface area contributed by atoms with Gasteiger partial charge in [-0.15, -0.1) is 0 Å². The standard InChI is InChI=1S/C14H27NO3Si/c1-13(2,3)14(4,18-19(5)6)11-10(15-12(11)16)7-9-8-17-9/h9-11,19H,7-8H2,1-6H3,(H,15,16)/t9?,10-,11-,14?/m1/s1. The average Bonchev–Trinajstić information content (AvgIpc) is 2.96. The second kappa shape index (κ2) is 4.86. The van der Waals surface area contributed by atoms with Crippen LogP contribution in [-0.2, 0) is 14.0 Å². The van der Waals surface area contributed by atoms with Crippen LogP contribution in [0.4, 0.5) is 0 Å². The molecule has 2 aliphatic rings. The molecule has 0 saturated carbocycles. The van der Waals surface area contributed by atoms with Crippen LogP contribution in [0.15, 0.2) is 0 Å². The second-order valence-corrected chi connectivity index (χ2v) is 9.64. The molecule has 2 saturated heterocycles. The summed E-state index contributed by atoms with van der Waals surface area (Å²) < 4.78 is 11.6. The maximum Gasteiger partial charge on any atom is 0.228 e. The first-order chi connectivity index (χ1) is 8.65. The van der Waals surface area contributed by atoms with Gasteiger partial charge in [0.15, 0.2) is 9.04 Å². The molecule has 2 heterocycles. The summed E-state index contributed by atoms with van der Waals surface area (Å²) in [4.78, 5) is 12.1. The van der Waals surface area contributed by atoms with Crippen molar-refractivity contribution in [2.75, 3.05) is 6.61 Å². The molecule has 2 fully saturated rings. The summed E-state index contributed by atoms with van der Waals surface area (Å²) in [6, 6.07) is 0.206. The first-order valence-corrected chi connectivity index (χ1v) is 10.0. The van der Waals surface area contributed by atoms with Gasteiger partial charge in [0.05, 0.1) is 24.2 Å². The molecule has 0 aromatic carbocycles. The van der Waals surface area contributed by atoms with Gasteiger partial charge in [-0.05, 0) is 31.9 Å². The van der Waals surface area contributed by atoms with Gasteiger partial charge in [-0.1, -0.05) is 20.8 Å². The fourth-order valence-corrected chi connectivity index (χ4v) is 4.44. The largest absolute Gasteiger partial charge is 0.414 e. The van der Waals surface area contributed by atoms with Gasteiger partial charge in [0, 0.05) is 6.04 Å². The lowest BCUT2D eigenvalue weighted by atomic mass is 9.64. The Morgan fingerprint density at radius 3 is 2.32 bits per heavy atom. The number of hydrogen-bond donors (Lipinski definition) is 1. The first kappa shape index (κ1) is 15.0. The Morgan fingerprint density at radius 2 is 1.95 bits per heavy atom. The smallest absolute Gasteiger partial charge is 0.228 e. The Hall–Kier alpha value is -0.393. The van der Waals surface area contributed by atoms with E-state index in [1.807, 2.05) is 0 Å². The Kier molecular flexibility index (Phi) is 3.84. The molecule has 0 aromatic rings. The molecule has 2 rings (SSSR count). The molecule has 0 spiro atoms. The third-order valence-electron chi connectivity index (χ3n) is 4.49. The van der Waals surface area contributed by atoms with Gasteiger partial charge < -0.3 is 14.5 Å². The lowest BCUT2D eigenvalue weighted by Gasteiger charge is -2.54. The maximum atomic E-state index is 12.1. The minimum atomic E-state index is -1.22. The molecule has 1 N–H and O–H groups in total. The van der Waals surface area contributed by atoms with Gasteiger partial charge >= 0.3 is 0 Å². The van der Waals surface area contributed by atoms with Crippen LogP contribution in [0.2, 0.25) is 13.1 Å². The van der Waals surface area contributed by atoms with Crippen LogP contribution >= 0.6 is 0 Å². The molecule has 0 radical (unpaired) electrons. The number of carbonyl (C=O) groups is 1. The summed E-state index contributed by atoms with van der Waals surface area (Å²) in [5.41, 5.74) is -0.454. The highest BCUT2D eigenvalue weighted by molar-refractivity contribution is 6.48. The zero-order chi connectivity index (χ0) is 14.4. The predicted octanol–water partition coefficient (Wildman–Crippen LogP) is 1.69. The van der Waals surface area contributed by atoms with Crippen LogP contribution in [0.3, 0.4) is 0 Å². The van der Waals surface area contributed by atoms with Crippen molar-refractivity contribution in [2.45, 2.75) is 65.0 Å². The van der Waals surface area contributed by atoms with Crippen LogP contribution in [0.1, 0.15) is 34.1 Å². The number of carbonyl (C=O) groups excluding carboxylic acids is 1. The normalized spacial score (nSPS) is 33.6. The van der Waals surface area contributed by atoms with Crippen molar-refractivity contribution in [3.63, 3.8) is 0 Å². The average molecular weight is 285 g/mol. The molecular weight excluding hydrogens is 258 g/mol. The van der Waals surface area contributed by atoms with Crippen molar-refractivity contribution in [3.8, 4) is 0 Å². The zero-order valence-corrected chi connectivity index (χ0v) is 14.1. The quantitative estimate of drug-likeness (QED) is 0.475. The fourth-order valence-electron chi connectivity index (χ4n) is 2.96. The van der Waals surface area contributed by atoms with Gasteiger partial charge in [0.25, 0.3) is 0 Å². The van der Waals surface area contributed by atoms with Crippen LogP contribution in [0.25, 0.3) is 0 Å². The molecule has 2 aliphatic heterocycles. The Balaban J connectivity index is 2.18. The molecule has 5 heteroatoms. The number of nitrogens with one attached hydrogen (secondary N) is 1. The van der Waals surface area contributed by atoms with Crippen molar-refractivity contribution < 1.29 is 14.0 Å². The molecule has 110 valence electrons. The van der Waals surface area contributed by atoms with Crippen LogP contribution in [-0.4, -0.2) is 39.3 Å². The van der Waals surface area contributed by atoms with E-state index in [9.17, 15) is 4.79 Å². The van der Waals surface area contributed by atoms with Gasteiger partial charge in [-0.3, -0.25) is 4.79 Å². The highest BCUT2D eigenvalue weighted by Crippen LogP contribution is 2.45. The number of rotatable bonds is 5. The Labute approximate surface area is 118 Å². The molecule has 19 heavy (non-hydrogen) atoms. The van der Waals surface area contributed by atoms with Crippen LogP contribution in [0.5, 0.6) is 0 Å². The van der Waals surface area contributed by atoms with E-state index < -0.39 is 14.6 Å². The summed E-state index contributed by atoms with van der Waals surface area (Å²) in [6.45, 7) is 13.8. The van der Waals surface area contributed by atoms with E-state index in [1.165, 1.54) is 0 Å². The molecule has 1 amide bonds. The van der Waals surface area contributed by atoms with E-state index in [2.05, 4.69) is 46.1 Å². The Bertz CT molecular complexity index is 362. The van der Waals surface area contributed by atoms with Crippen molar-refractivity contribution >= 4 is 14.9 Å². The lowest BCUT2D eigenvalue weighted by molar-refractivity contribution is -0.159. The Morgan fingerprint density at radius 1 is 1.37 bits per heavy atom. The van der Waals surface area contributed by atoms with E-state index in [0.29, 0.717) is 6.10 Å². The van der Waals surface area contributed by atoms with Crippen molar-refractivity contribution in [1.82, 2.24) is 5.32 Å². The summed E-state index contributed by atoms with van der Waals surface area (Å²) >= 11 is 0. The number of amides is 1. The van der Waals surface area contributed by atoms with Crippen LogP contribution in [0, 0.1) is 11.3 Å². The summed E-state index contributed by atoms with van der Waals surface area (Å²) in [5.74, 6) is 0.0873. The van der Waals surface area contributed by atoms with Crippen LogP contribution < -0.4 is 5.32 Å². The molecule has 4 nitrogen and oxygen atoms in total. The predicted molar refractivity (Wildman–Crippen MR) is 77.6 cm³/mol. The van der Waals surface area contributed by atoms with Gasteiger partial charge in [0.1, 0.15) is 0 Å². The highest BCUT2D eigenvalue weighted by Gasteiger charge is 2.57. The second-order valence-electron chi connectivity index (χ2n) is 7.31. The molecule has 0 aliphatic carbocycles. The van der Waals surface area contributed by atoms with E-state index in [0.717, 1.165) is 13.0 Å². The van der Waals surface area contributed by atoms with E-state index in [-0.39, 0.29) is 23.3 Å². The van der Waals surface area contributed by atoms with Gasteiger partial charge in [-0.2, -0.15) is 0 Å². The van der Waals surface area contributed by atoms with E-state index in [1.54, 1.807) is 0 Å². The maximum absolute atomic E-state index is 12.1. The first-order valence-electron chi connectivity index (χ1n) is 7.25. The SMILES string of the molecule is C[SiH](C)OC(C)([C@H]1C(=O)N[C@@H]1CC1CO1)C(C)(C)C. The topological polar surface area (TPSA) is 50.9 Å². The highest BCUT2D eigenvalue weighted by atomic mass is 28.3. The van der Waals surface area contributed by atoms with E-state index >= 15 is 0 Å².